The molecule has 1 heterocycles. The third-order valence-corrected chi connectivity index (χ3v) is 5.56. The van der Waals surface area contributed by atoms with Crippen LogP contribution in [0.1, 0.15) is 62.7 Å². The van der Waals surface area contributed by atoms with Crippen molar-refractivity contribution in [2.24, 2.45) is 5.92 Å². The highest BCUT2D eigenvalue weighted by atomic mass is 16.5. The number of ether oxygens (including phenoxy) is 1. The van der Waals surface area contributed by atoms with Crippen LogP contribution in [0.25, 0.3) is 0 Å². The van der Waals surface area contributed by atoms with Gasteiger partial charge in [-0.1, -0.05) is 25.8 Å². The minimum atomic E-state index is -0.858. The van der Waals surface area contributed by atoms with Crippen molar-refractivity contribution >= 4 is 23.5 Å². The fourth-order valence-electron chi connectivity index (χ4n) is 3.83. The Kier molecular flexibility index (Phi) is 6.14. The lowest BCUT2D eigenvalue weighted by Gasteiger charge is -2.30. The van der Waals surface area contributed by atoms with Crippen LogP contribution in [-0.4, -0.2) is 36.5 Å². The highest BCUT2D eigenvalue weighted by Crippen LogP contribution is 2.24. The van der Waals surface area contributed by atoms with Gasteiger partial charge in [-0.05, 0) is 50.3 Å². The molecule has 6 nitrogen and oxygen atoms in total. The molecule has 1 saturated carbocycles. The summed E-state index contributed by atoms with van der Waals surface area (Å²) in [6.07, 6.45) is 4.90. The molecule has 146 valence electrons. The van der Waals surface area contributed by atoms with E-state index in [9.17, 15) is 14.4 Å². The first kappa shape index (κ1) is 19.4. The summed E-state index contributed by atoms with van der Waals surface area (Å²) >= 11 is 0. The molecule has 0 bridgehead atoms. The van der Waals surface area contributed by atoms with Gasteiger partial charge in [0.1, 0.15) is 0 Å². The summed E-state index contributed by atoms with van der Waals surface area (Å²) in [6, 6.07) is 6.98. The van der Waals surface area contributed by atoms with E-state index < -0.39 is 12.1 Å². The molecule has 1 saturated heterocycles. The molecule has 0 aromatic heterocycles. The number of nitrogens with zero attached hydrogens (tertiary/aromatic N) is 1. The fourth-order valence-corrected chi connectivity index (χ4v) is 3.83. The van der Waals surface area contributed by atoms with Gasteiger partial charge in [0.2, 0.25) is 5.91 Å². The number of hydrogen-bond donors (Lipinski definition) is 1. The van der Waals surface area contributed by atoms with E-state index in [2.05, 4.69) is 12.2 Å². The average Bonchev–Trinajstić information content (AvgIpc) is 3.09. The number of rotatable bonds is 5. The molecular formula is C21H28N2O4. The Hall–Kier alpha value is -2.37. The largest absolute Gasteiger partial charge is 0.449 e. The van der Waals surface area contributed by atoms with Crippen LogP contribution in [0, 0.1) is 5.92 Å². The molecule has 0 spiro atoms. The van der Waals surface area contributed by atoms with Gasteiger partial charge >= 0.3 is 5.97 Å². The van der Waals surface area contributed by atoms with Crippen molar-refractivity contribution < 1.29 is 19.1 Å². The van der Waals surface area contributed by atoms with E-state index >= 15 is 0 Å². The lowest BCUT2D eigenvalue weighted by atomic mass is 9.86. The van der Waals surface area contributed by atoms with Crippen LogP contribution in [0.15, 0.2) is 24.3 Å². The monoisotopic (exact) mass is 372 g/mol. The third kappa shape index (κ3) is 4.67. The molecule has 2 fully saturated rings. The molecule has 2 amide bonds. The molecule has 3 atom stereocenters. The van der Waals surface area contributed by atoms with Gasteiger partial charge in [0.05, 0.1) is 5.56 Å². The number of hydrogen-bond acceptors (Lipinski definition) is 4. The van der Waals surface area contributed by atoms with Gasteiger partial charge in [0.15, 0.2) is 6.10 Å². The Balaban J connectivity index is 1.59. The highest BCUT2D eigenvalue weighted by molar-refractivity contribution is 5.98. The first-order valence-electron chi connectivity index (χ1n) is 9.87. The summed E-state index contributed by atoms with van der Waals surface area (Å²) in [6.45, 7) is 4.40. The summed E-state index contributed by atoms with van der Waals surface area (Å²) in [5, 5.41) is 3.02. The fraction of sp³-hybridized carbons (Fsp3) is 0.571. The molecule has 1 aromatic carbocycles. The maximum atomic E-state index is 12.5. The molecule has 2 aliphatic rings. The van der Waals surface area contributed by atoms with Crippen molar-refractivity contribution in [1.82, 2.24) is 5.32 Å². The molecule has 0 unspecified atom stereocenters. The SMILES string of the molecule is C[C@@H](OC(=O)c1cccc(N2CCCC2=O)c1)C(=O)N[C@@H]1CCCC[C@@H]1C. The van der Waals surface area contributed by atoms with E-state index in [1.165, 1.54) is 6.42 Å². The average molecular weight is 372 g/mol. The molecule has 1 aliphatic heterocycles. The van der Waals surface area contributed by atoms with Crippen molar-refractivity contribution in [2.75, 3.05) is 11.4 Å². The second kappa shape index (κ2) is 8.55. The van der Waals surface area contributed by atoms with Crippen LogP contribution in [0.2, 0.25) is 0 Å². The molecule has 1 N–H and O–H groups in total. The van der Waals surface area contributed by atoms with Gasteiger partial charge in [-0.3, -0.25) is 9.59 Å². The molecular weight excluding hydrogens is 344 g/mol. The lowest BCUT2D eigenvalue weighted by Crippen LogP contribution is -2.46. The highest BCUT2D eigenvalue weighted by Gasteiger charge is 2.27. The van der Waals surface area contributed by atoms with Gasteiger partial charge in [0, 0.05) is 24.7 Å². The molecule has 27 heavy (non-hydrogen) atoms. The predicted octanol–water partition coefficient (Wildman–Crippen LogP) is 3.05. The van der Waals surface area contributed by atoms with E-state index in [0.29, 0.717) is 30.1 Å². The van der Waals surface area contributed by atoms with Gasteiger partial charge in [-0.15, -0.1) is 0 Å². The van der Waals surface area contributed by atoms with Crippen molar-refractivity contribution in [1.29, 1.82) is 0 Å². The van der Waals surface area contributed by atoms with Crippen LogP contribution in [0.5, 0.6) is 0 Å². The Morgan fingerprint density at radius 3 is 2.70 bits per heavy atom. The maximum Gasteiger partial charge on any atom is 0.338 e. The summed E-state index contributed by atoms with van der Waals surface area (Å²) in [5.74, 6) is -0.300. The number of carbonyl (C=O) groups is 3. The van der Waals surface area contributed by atoms with Crippen molar-refractivity contribution in [3.8, 4) is 0 Å². The van der Waals surface area contributed by atoms with Gasteiger partial charge in [0.25, 0.3) is 5.91 Å². The van der Waals surface area contributed by atoms with Crippen LogP contribution >= 0.6 is 0 Å². The zero-order valence-electron chi connectivity index (χ0n) is 16.1. The Morgan fingerprint density at radius 2 is 2.00 bits per heavy atom. The standard InChI is InChI=1S/C21H28N2O4/c1-14-7-3-4-10-18(14)22-20(25)15(2)27-21(26)16-8-5-9-17(13-16)23-12-6-11-19(23)24/h5,8-9,13-15,18H,3-4,6-7,10-12H2,1-2H3,(H,22,25)/t14-,15+,18+/m0/s1. The summed E-state index contributed by atoms with van der Waals surface area (Å²) < 4.78 is 5.37. The van der Waals surface area contributed by atoms with E-state index in [0.717, 1.165) is 25.7 Å². The molecule has 3 rings (SSSR count). The Morgan fingerprint density at radius 1 is 1.22 bits per heavy atom. The van der Waals surface area contributed by atoms with E-state index in [1.807, 2.05) is 0 Å². The minimum absolute atomic E-state index is 0.0647. The number of anilines is 1. The van der Waals surface area contributed by atoms with Gasteiger partial charge in [-0.2, -0.15) is 0 Å². The van der Waals surface area contributed by atoms with E-state index in [4.69, 9.17) is 4.74 Å². The number of benzene rings is 1. The predicted molar refractivity (Wildman–Crippen MR) is 102 cm³/mol. The third-order valence-electron chi connectivity index (χ3n) is 5.56. The normalized spacial score (nSPS) is 23.8. The lowest BCUT2D eigenvalue weighted by molar-refractivity contribution is -0.130. The van der Waals surface area contributed by atoms with E-state index in [-0.39, 0.29) is 17.9 Å². The number of carbonyl (C=O) groups excluding carboxylic acids is 3. The minimum Gasteiger partial charge on any atom is -0.449 e. The Bertz CT molecular complexity index is 718. The van der Waals surface area contributed by atoms with Crippen LogP contribution < -0.4 is 10.2 Å². The van der Waals surface area contributed by atoms with Crippen molar-refractivity contribution in [3.05, 3.63) is 29.8 Å². The zero-order valence-corrected chi connectivity index (χ0v) is 16.1. The maximum absolute atomic E-state index is 12.5. The van der Waals surface area contributed by atoms with Crippen molar-refractivity contribution in [2.45, 2.75) is 64.5 Å². The number of nitrogens with one attached hydrogen (secondary N) is 1. The van der Waals surface area contributed by atoms with E-state index in [1.54, 1.807) is 36.1 Å². The van der Waals surface area contributed by atoms with Gasteiger partial charge < -0.3 is 15.0 Å². The first-order chi connectivity index (χ1) is 13.0. The van der Waals surface area contributed by atoms with Crippen LogP contribution in [0.4, 0.5) is 5.69 Å². The van der Waals surface area contributed by atoms with Gasteiger partial charge in [-0.25, -0.2) is 4.79 Å². The topological polar surface area (TPSA) is 75.7 Å². The summed E-state index contributed by atoms with van der Waals surface area (Å²) in [5.41, 5.74) is 1.04. The second-order valence-electron chi connectivity index (χ2n) is 7.62. The number of amides is 2. The quantitative estimate of drug-likeness (QED) is 0.806. The smallest absolute Gasteiger partial charge is 0.338 e. The molecule has 1 aromatic rings. The second-order valence-corrected chi connectivity index (χ2v) is 7.62. The Labute approximate surface area is 160 Å². The van der Waals surface area contributed by atoms with Crippen LogP contribution in [0.3, 0.4) is 0 Å². The molecule has 0 radical (unpaired) electrons. The first-order valence-corrected chi connectivity index (χ1v) is 9.87. The molecule has 6 heteroatoms. The zero-order chi connectivity index (χ0) is 19.4. The van der Waals surface area contributed by atoms with Crippen molar-refractivity contribution in [3.63, 3.8) is 0 Å². The van der Waals surface area contributed by atoms with Crippen LogP contribution in [-0.2, 0) is 14.3 Å². The number of esters is 1. The molecule has 1 aliphatic carbocycles. The summed E-state index contributed by atoms with van der Waals surface area (Å²) in [4.78, 5) is 38.4. The summed E-state index contributed by atoms with van der Waals surface area (Å²) in [7, 11) is 0.